The normalized spacial score (nSPS) is 36.1. The molecule has 0 radical (unpaired) electrons. The van der Waals surface area contributed by atoms with Gasteiger partial charge in [-0.2, -0.15) is 0 Å². The summed E-state index contributed by atoms with van der Waals surface area (Å²) >= 11 is 0. The average Bonchev–Trinajstić information content (AvgIpc) is 2.38. The van der Waals surface area contributed by atoms with Crippen molar-refractivity contribution >= 4 is 0 Å². The van der Waals surface area contributed by atoms with Crippen molar-refractivity contribution in [2.24, 2.45) is 17.0 Å². The smallest absolute Gasteiger partial charge is 0.0853 e. The molecule has 0 spiro atoms. The van der Waals surface area contributed by atoms with Crippen LogP contribution in [0.1, 0.15) is 19.8 Å². The summed E-state index contributed by atoms with van der Waals surface area (Å²) in [6, 6.07) is 0. The van der Waals surface area contributed by atoms with Crippen molar-refractivity contribution in [1.29, 1.82) is 0 Å². The highest BCUT2D eigenvalue weighted by Gasteiger charge is 2.41. The van der Waals surface area contributed by atoms with Crippen LogP contribution in [0.4, 0.5) is 0 Å². The lowest BCUT2D eigenvalue weighted by atomic mass is 9.77. The lowest BCUT2D eigenvalue weighted by Crippen LogP contribution is -2.50. The standard InChI is InChI=1S/C11H21N3O4/c1-7-9(18-4-2-3-13-14-12)5-8(6-15)11(17)10(7)16/h7-11,15-17H,2-6H2,1H3/t7?,8?,9-,10+,11+/m0/s1. The van der Waals surface area contributed by atoms with Gasteiger partial charge in [0.1, 0.15) is 0 Å². The zero-order valence-corrected chi connectivity index (χ0v) is 10.5. The Morgan fingerprint density at radius 2 is 2.11 bits per heavy atom. The van der Waals surface area contributed by atoms with Crippen LogP contribution >= 0.6 is 0 Å². The second-order valence-corrected chi connectivity index (χ2v) is 4.74. The van der Waals surface area contributed by atoms with Crippen LogP contribution in [0.15, 0.2) is 5.11 Å². The van der Waals surface area contributed by atoms with Crippen LogP contribution in [-0.2, 0) is 4.74 Å². The number of nitrogens with zero attached hydrogens (tertiary/aromatic N) is 3. The molecule has 0 bridgehead atoms. The van der Waals surface area contributed by atoms with Crippen LogP contribution in [0.25, 0.3) is 10.4 Å². The Kier molecular flexibility index (Phi) is 6.38. The molecule has 3 N–H and O–H groups in total. The Bertz CT molecular complexity index is 294. The molecule has 1 saturated carbocycles. The van der Waals surface area contributed by atoms with Crippen molar-refractivity contribution in [3.05, 3.63) is 10.4 Å². The molecule has 0 saturated heterocycles. The maximum atomic E-state index is 9.85. The molecule has 18 heavy (non-hydrogen) atoms. The molecular formula is C11H21N3O4. The summed E-state index contributed by atoms with van der Waals surface area (Å²) in [5.41, 5.74) is 8.12. The van der Waals surface area contributed by atoms with E-state index in [1.165, 1.54) is 0 Å². The van der Waals surface area contributed by atoms with Crippen LogP contribution in [0.5, 0.6) is 0 Å². The molecule has 2 unspecified atom stereocenters. The second kappa shape index (κ2) is 7.56. The molecule has 0 aromatic rings. The van der Waals surface area contributed by atoms with E-state index in [1.54, 1.807) is 0 Å². The van der Waals surface area contributed by atoms with Gasteiger partial charge in [0.25, 0.3) is 0 Å². The van der Waals surface area contributed by atoms with E-state index in [0.717, 1.165) is 0 Å². The number of ether oxygens (including phenoxy) is 1. The lowest BCUT2D eigenvalue weighted by Gasteiger charge is -2.40. The van der Waals surface area contributed by atoms with E-state index in [2.05, 4.69) is 10.0 Å². The van der Waals surface area contributed by atoms with Crippen LogP contribution in [0, 0.1) is 11.8 Å². The van der Waals surface area contributed by atoms with Crippen LogP contribution in [0.3, 0.4) is 0 Å². The summed E-state index contributed by atoms with van der Waals surface area (Å²) in [6.45, 7) is 2.48. The zero-order chi connectivity index (χ0) is 13.5. The lowest BCUT2D eigenvalue weighted by molar-refractivity contribution is -0.143. The van der Waals surface area contributed by atoms with Crippen LogP contribution in [-0.4, -0.2) is 53.4 Å². The maximum absolute atomic E-state index is 9.85. The first-order valence-corrected chi connectivity index (χ1v) is 6.21. The summed E-state index contributed by atoms with van der Waals surface area (Å²) in [5, 5.41) is 32.1. The first kappa shape index (κ1) is 15.2. The molecule has 5 atom stereocenters. The first-order valence-electron chi connectivity index (χ1n) is 6.21. The molecule has 0 amide bonds. The summed E-state index contributed by atoms with van der Waals surface area (Å²) in [6.07, 6.45) is -0.815. The molecule has 1 rings (SSSR count). The quantitative estimate of drug-likeness (QED) is 0.277. The molecule has 104 valence electrons. The van der Waals surface area contributed by atoms with Gasteiger partial charge >= 0.3 is 0 Å². The predicted octanol–water partition coefficient (Wildman–Crippen LogP) is 0.442. The Labute approximate surface area is 106 Å². The van der Waals surface area contributed by atoms with Crippen molar-refractivity contribution in [3.63, 3.8) is 0 Å². The topological polar surface area (TPSA) is 119 Å². The molecular weight excluding hydrogens is 238 g/mol. The largest absolute Gasteiger partial charge is 0.396 e. The van der Waals surface area contributed by atoms with E-state index >= 15 is 0 Å². The number of aliphatic hydroxyl groups excluding tert-OH is 3. The minimum absolute atomic E-state index is 0.163. The monoisotopic (exact) mass is 259 g/mol. The molecule has 1 fully saturated rings. The summed E-state index contributed by atoms with van der Waals surface area (Å²) < 4.78 is 5.63. The van der Waals surface area contributed by atoms with Gasteiger partial charge in [0, 0.05) is 36.5 Å². The molecule has 0 aromatic carbocycles. The van der Waals surface area contributed by atoms with Crippen molar-refractivity contribution in [3.8, 4) is 0 Å². The molecule has 1 aliphatic rings. The summed E-state index contributed by atoms with van der Waals surface area (Å²) in [7, 11) is 0. The van der Waals surface area contributed by atoms with E-state index in [1.807, 2.05) is 6.92 Å². The SMILES string of the molecule is CC1[C@@H](OCCCN=[N+]=[N-])CC(CO)[C@@H](O)[C@@H]1O. The minimum atomic E-state index is -0.895. The first-order chi connectivity index (χ1) is 8.61. The fourth-order valence-corrected chi connectivity index (χ4v) is 2.28. The van der Waals surface area contributed by atoms with Gasteiger partial charge in [0.05, 0.1) is 18.3 Å². The van der Waals surface area contributed by atoms with Gasteiger partial charge < -0.3 is 20.1 Å². The van der Waals surface area contributed by atoms with Gasteiger partial charge in [0.2, 0.25) is 0 Å². The van der Waals surface area contributed by atoms with Crippen molar-refractivity contribution in [2.75, 3.05) is 19.8 Å². The maximum Gasteiger partial charge on any atom is 0.0853 e. The average molecular weight is 259 g/mol. The molecule has 1 aliphatic carbocycles. The van der Waals surface area contributed by atoms with Crippen LogP contribution < -0.4 is 0 Å². The third-order valence-corrected chi connectivity index (χ3v) is 3.53. The number of hydrogen-bond donors (Lipinski definition) is 3. The number of aliphatic hydroxyl groups is 3. The van der Waals surface area contributed by atoms with E-state index in [-0.39, 0.29) is 24.5 Å². The predicted molar refractivity (Wildman–Crippen MR) is 64.7 cm³/mol. The minimum Gasteiger partial charge on any atom is -0.396 e. The Morgan fingerprint density at radius 1 is 1.39 bits per heavy atom. The van der Waals surface area contributed by atoms with Crippen molar-refractivity contribution in [1.82, 2.24) is 0 Å². The molecule has 0 heterocycles. The highest BCUT2D eigenvalue weighted by molar-refractivity contribution is 4.91. The Morgan fingerprint density at radius 3 is 2.72 bits per heavy atom. The third kappa shape index (κ3) is 3.83. The van der Waals surface area contributed by atoms with Crippen molar-refractivity contribution in [2.45, 2.75) is 38.1 Å². The van der Waals surface area contributed by atoms with Gasteiger partial charge in [-0.25, -0.2) is 0 Å². The fraction of sp³-hybridized carbons (Fsp3) is 1.00. The summed E-state index contributed by atoms with van der Waals surface area (Å²) in [4.78, 5) is 2.65. The van der Waals surface area contributed by atoms with E-state index < -0.39 is 12.2 Å². The Balaban J connectivity index is 2.41. The molecule has 0 aliphatic heterocycles. The zero-order valence-electron chi connectivity index (χ0n) is 10.5. The highest BCUT2D eigenvalue weighted by atomic mass is 16.5. The van der Waals surface area contributed by atoms with Gasteiger partial charge in [-0.15, -0.1) is 0 Å². The molecule has 0 aromatic heterocycles. The van der Waals surface area contributed by atoms with Gasteiger partial charge in [-0.05, 0) is 18.4 Å². The van der Waals surface area contributed by atoms with Crippen LogP contribution in [0.2, 0.25) is 0 Å². The number of azide groups is 1. The second-order valence-electron chi connectivity index (χ2n) is 4.74. The molecule has 7 nitrogen and oxygen atoms in total. The van der Waals surface area contributed by atoms with Gasteiger partial charge in [-0.1, -0.05) is 12.0 Å². The van der Waals surface area contributed by atoms with E-state index in [9.17, 15) is 10.2 Å². The molecule has 7 heteroatoms. The van der Waals surface area contributed by atoms with Gasteiger partial charge in [-0.3, -0.25) is 0 Å². The van der Waals surface area contributed by atoms with E-state index in [0.29, 0.717) is 26.0 Å². The highest BCUT2D eigenvalue weighted by Crippen LogP contribution is 2.31. The number of rotatable bonds is 6. The van der Waals surface area contributed by atoms with Gasteiger partial charge in [0.15, 0.2) is 0 Å². The van der Waals surface area contributed by atoms with Crippen molar-refractivity contribution < 1.29 is 20.1 Å². The number of hydrogen-bond acceptors (Lipinski definition) is 5. The summed E-state index contributed by atoms with van der Waals surface area (Å²) in [5.74, 6) is -0.527. The Hall–Kier alpha value is -0.850. The third-order valence-electron chi connectivity index (χ3n) is 3.53. The fourth-order valence-electron chi connectivity index (χ4n) is 2.28. The van der Waals surface area contributed by atoms with E-state index in [4.69, 9.17) is 15.4 Å².